The van der Waals surface area contributed by atoms with Crippen LogP contribution in [0.4, 0.5) is 0 Å². The predicted octanol–water partition coefficient (Wildman–Crippen LogP) is 0.564. The summed E-state index contributed by atoms with van der Waals surface area (Å²) in [4.78, 5) is 0. The number of aliphatic hydroxyl groups is 1. The maximum absolute atomic E-state index is 8.72. The SMILES string of the molecule is CCC(O)COP. The lowest BCUT2D eigenvalue weighted by Gasteiger charge is -2.02. The second-order valence-corrected chi connectivity index (χ2v) is 1.73. The van der Waals surface area contributed by atoms with Gasteiger partial charge in [-0.15, -0.1) is 0 Å². The smallest absolute Gasteiger partial charge is 0.0774 e. The lowest BCUT2D eigenvalue weighted by atomic mass is 10.3. The number of aliphatic hydroxyl groups excluding tert-OH is 1. The van der Waals surface area contributed by atoms with Crippen molar-refractivity contribution >= 4 is 9.47 Å². The van der Waals surface area contributed by atoms with Gasteiger partial charge in [-0.2, -0.15) is 0 Å². The van der Waals surface area contributed by atoms with E-state index in [1.165, 1.54) is 0 Å². The van der Waals surface area contributed by atoms with E-state index in [1.807, 2.05) is 6.92 Å². The first-order chi connectivity index (χ1) is 3.31. The first-order valence-corrected chi connectivity index (χ1v) is 2.78. The number of hydrogen-bond donors (Lipinski definition) is 1. The van der Waals surface area contributed by atoms with Crippen LogP contribution in [0.25, 0.3) is 0 Å². The zero-order valence-corrected chi connectivity index (χ0v) is 5.58. The van der Waals surface area contributed by atoms with Crippen LogP contribution in [0.15, 0.2) is 0 Å². The molecule has 0 aromatic heterocycles. The molecule has 0 amide bonds. The fourth-order valence-corrected chi connectivity index (χ4v) is 0.451. The summed E-state index contributed by atoms with van der Waals surface area (Å²) in [6, 6.07) is 0. The third kappa shape index (κ3) is 4.20. The molecule has 0 saturated heterocycles. The molecule has 2 unspecified atom stereocenters. The Hall–Kier alpha value is 0.350. The van der Waals surface area contributed by atoms with E-state index in [0.717, 1.165) is 6.42 Å². The van der Waals surface area contributed by atoms with Gasteiger partial charge in [0.05, 0.1) is 12.7 Å². The molecular formula is C4H11O2P. The Kier molecular flexibility index (Phi) is 4.73. The maximum atomic E-state index is 8.72. The molecule has 7 heavy (non-hydrogen) atoms. The molecule has 0 radical (unpaired) electrons. The Morgan fingerprint density at radius 2 is 2.43 bits per heavy atom. The van der Waals surface area contributed by atoms with Crippen LogP contribution in [0.2, 0.25) is 0 Å². The Morgan fingerprint density at radius 3 is 2.57 bits per heavy atom. The van der Waals surface area contributed by atoms with E-state index < -0.39 is 0 Å². The summed E-state index contributed by atoms with van der Waals surface area (Å²) in [5.74, 6) is 0. The molecule has 0 aliphatic heterocycles. The minimum atomic E-state index is -0.294. The lowest BCUT2D eigenvalue weighted by Crippen LogP contribution is -2.09. The summed E-state index contributed by atoms with van der Waals surface area (Å²) < 4.78 is 4.56. The van der Waals surface area contributed by atoms with Crippen LogP contribution in [-0.2, 0) is 4.52 Å². The lowest BCUT2D eigenvalue weighted by molar-refractivity contribution is 0.114. The summed E-state index contributed by atoms with van der Waals surface area (Å²) in [5, 5.41) is 8.72. The summed E-state index contributed by atoms with van der Waals surface area (Å²) >= 11 is 0. The van der Waals surface area contributed by atoms with Crippen LogP contribution in [0.1, 0.15) is 13.3 Å². The third-order valence-electron chi connectivity index (χ3n) is 0.760. The highest BCUT2D eigenvalue weighted by molar-refractivity contribution is 7.09. The van der Waals surface area contributed by atoms with Crippen molar-refractivity contribution in [3.8, 4) is 0 Å². The number of rotatable bonds is 3. The molecule has 0 aromatic carbocycles. The van der Waals surface area contributed by atoms with E-state index in [2.05, 4.69) is 14.0 Å². The van der Waals surface area contributed by atoms with Gasteiger partial charge in [0, 0.05) is 9.47 Å². The molecule has 0 aromatic rings. The predicted molar refractivity (Wildman–Crippen MR) is 32.0 cm³/mol. The van der Waals surface area contributed by atoms with E-state index in [0.29, 0.717) is 6.61 Å². The van der Waals surface area contributed by atoms with Gasteiger partial charge in [-0.25, -0.2) is 0 Å². The molecule has 0 fully saturated rings. The first-order valence-electron chi connectivity index (χ1n) is 2.31. The summed E-state index contributed by atoms with van der Waals surface area (Å²) in [6.07, 6.45) is 0.464. The summed E-state index contributed by atoms with van der Waals surface area (Å²) in [7, 11) is 2.09. The van der Waals surface area contributed by atoms with Crippen molar-refractivity contribution in [3.63, 3.8) is 0 Å². The van der Waals surface area contributed by atoms with Crippen LogP contribution >= 0.6 is 9.47 Å². The second-order valence-electron chi connectivity index (χ2n) is 1.40. The van der Waals surface area contributed by atoms with E-state index in [-0.39, 0.29) is 6.10 Å². The van der Waals surface area contributed by atoms with E-state index in [1.54, 1.807) is 0 Å². The van der Waals surface area contributed by atoms with Crippen molar-refractivity contribution in [2.45, 2.75) is 19.4 Å². The molecule has 44 valence electrons. The average molecular weight is 122 g/mol. The van der Waals surface area contributed by atoms with Gasteiger partial charge in [-0.1, -0.05) is 6.92 Å². The zero-order valence-electron chi connectivity index (χ0n) is 4.42. The molecule has 0 aliphatic carbocycles. The van der Waals surface area contributed by atoms with Crippen molar-refractivity contribution in [2.24, 2.45) is 0 Å². The Morgan fingerprint density at radius 1 is 1.86 bits per heavy atom. The minimum Gasteiger partial charge on any atom is -0.391 e. The number of hydrogen-bond acceptors (Lipinski definition) is 2. The van der Waals surface area contributed by atoms with Crippen LogP contribution in [0, 0.1) is 0 Å². The fraction of sp³-hybridized carbons (Fsp3) is 1.00. The topological polar surface area (TPSA) is 29.5 Å². The average Bonchev–Trinajstić information content (AvgIpc) is 1.68. The van der Waals surface area contributed by atoms with Gasteiger partial charge in [0.25, 0.3) is 0 Å². The van der Waals surface area contributed by atoms with Crippen LogP contribution in [-0.4, -0.2) is 17.8 Å². The Balaban J connectivity index is 2.83. The molecule has 0 bridgehead atoms. The first kappa shape index (κ1) is 7.35. The molecule has 0 heterocycles. The van der Waals surface area contributed by atoms with Crippen molar-refractivity contribution in [3.05, 3.63) is 0 Å². The fourth-order valence-electron chi connectivity index (χ4n) is 0.229. The van der Waals surface area contributed by atoms with Crippen LogP contribution < -0.4 is 0 Å². The van der Waals surface area contributed by atoms with Crippen molar-refractivity contribution in [1.29, 1.82) is 0 Å². The maximum Gasteiger partial charge on any atom is 0.0774 e. The van der Waals surface area contributed by atoms with Gasteiger partial charge in [0.1, 0.15) is 0 Å². The Bertz CT molecular complexity index is 40.7. The molecule has 0 aliphatic rings. The molecule has 0 rings (SSSR count). The molecule has 0 spiro atoms. The van der Waals surface area contributed by atoms with Crippen molar-refractivity contribution in [2.75, 3.05) is 6.61 Å². The molecule has 1 N–H and O–H groups in total. The monoisotopic (exact) mass is 122 g/mol. The zero-order chi connectivity index (χ0) is 5.70. The van der Waals surface area contributed by atoms with E-state index in [4.69, 9.17) is 5.11 Å². The van der Waals surface area contributed by atoms with Crippen LogP contribution in [0.5, 0.6) is 0 Å². The molecule has 3 heteroatoms. The van der Waals surface area contributed by atoms with Gasteiger partial charge < -0.3 is 9.63 Å². The largest absolute Gasteiger partial charge is 0.391 e. The van der Waals surface area contributed by atoms with Gasteiger partial charge in [-0.3, -0.25) is 0 Å². The second kappa shape index (κ2) is 4.51. The standard InChI is InChI=1S/C4H11O2P/c1-2-4(5)3-6-7/h4-5H,2-3,7H2,1H3. The summed E-state index contributed by atoms with van der Waals surface area (Å²) in [6.45, 7) is 2.33. The van der Waals surface area contributed by atoms with E-state index >= 15 is 0 Å². The Labute approximate surface area is 46.2 Å². The van der Waals surface area contributed by atoms with E-state index in [9.17, 15) is 0 Å². The third-order valence-corrected chi connectivity index (χ3v) is 0.952. The highest BCUT2D eigenvalue weighted by Gasteiger charge is 1.95. The van der Waals surface area contributed by atoms with Gasteiger partial charge in [0.15, 0.2) is 0 Å². The van der Waals surface area contributed by atoms with Gasteiger partial charge >= 0.3 is 0 Å². The molecule has 0 saturated carbocycles. The summed E-state index contributed by atoms with van der Waals surface area (Å²) in [5.41, 5.74) is 0. The highest BCUT2D eigenvalue weighted by atomic mass is 31.0. The molecule has 2 atom stereocenters. The highest BCUT2D eigenvalue weighted by Crippen LogP contribution is 1.93. The van der Waals surface area contributed by atoms with Gasteiger partial charge in [0.2, 0.25) is 0 Å². The van der Waals surface area contributed by atoms with Crippen LogP contribution in [0.3, 0.4) is 0 Å². The quantitative estimate of drug-likeness (QED) is 0.554. The minimum absolute atomic E-state index is 0.294. The van der Waals surface area contributed by atoms with Crippen molar-refractivity contribution in [1.82, 2.24) is 0 Å². The normalized spacial score (nSPS) is 14.1. The van der Waals surface area contributed by atoms with Gasteiger partial charge in [-0.05, 0) is 6.42 Å². The van der Waals surface area contributed by atoms with Crippen molar-refractivity contribution < 1.29 is 9.63 Å². The molecular weight excluding hydrogens is 111 g/mol. The molecule has 2 nitrogen and oxygen atoms in total.